The van der Waals surface area contributed by atoms with Crippen molar-refractivity contribution in [1.82, 2.24) is 14.3 Å². The molecule has 2 heterocycles. The molecule has 0 aliphatic heterocycles. The zero-order valence-corrected chi connectivity index (χ0v) is 16.0. The third-order valence-electron chi connectivity index (χ3n) is 5.37. The fourth-order valence-electron chi connectivity index (χ4n) is 3.58. The summed E-state index contributed by atoms with van der Waals surface area (Å²) in [5, 5.41) is 8.92. The Hall–Kier alpha value is -3.67. The van der Waals surface area contributed by atoms with Crippen molar-refractivity contribution < 1.29 is 0 Å². The number of pyridine rings is 1. The van der Waals surface area contributed by atoms with Crippen molar-refractivity contribution in [3.63, 3.8) is 0 Å². The van der Waals surface area contributed by atoms with Crippen molar-refractivity contribution in [2.75, 3.05) is 5.32 Å². The van der Waals surface area contributed by atoms with Gasteiger partial charge in [-0.1, -0.05) is 30.3 Å². The first-order valence-electron chi connectivity index (χ1n) is 9.67. The lowest BCUT2D eigenvalue weighted by Gasteiger charge is -2.13. The van der Waals surface area contributed by atoms with E-state index in [1.165, 1.54) is 27.7 Å². The number of rotatable bonds is 4. The first-order valence-corrected chi connectivity index (χ1v) is 9.67. The van der Waals surface area contributed by atoms with Gasteiger partial charge in [0.25, 0.3) is 11.1 Å². The SMILES string of the molecule is Cn1cccc(Nc2nn(-c3ccc(C4CC4)cc3)c(=O)c3ccccc23)c1=O. The normalized spacial score (nSPS) is 13.6. The summed E-state index contributed by atoms with van der Waals surface area (Å²) < 4.78 is 2.89. The van der Waals surface area contributed by atoms with Crippen LogP contribution in [0.1, 0.15) is 24.3 Å². The standard InChI is InChI=1S/C23H20N4O2/c1-26-14-4-7-20(23(26)29)24-21-18-5-2-3-6-19(18)22(28)27(25-21)17-12-10-16(11-13-17)15-8-9-15/h2-7,10-15H,8-9H2,1H3,(H,24,25). The van der Waals surface area contributed by atoms with Gasteiger partial charge in [-0.05, 0) is 54.7 Å². The lowest BCUT2D eigenvalue weighted by Crippen LogP contribution is -2.24. The van der Waals surface area contributed by atoms with Gasteiger partial charge in [0, 0.05) is 18.6 Å². The molecule has 5 rings (SSSR count). The van der Waals surface area contributed by atoms with Crippen LogP contribution in [0.5, 0.6) is 0 Å². The van der Waals surface area contributed by atoms with Crippen molar-refractivity contribution in [2.45, 2.75) is 18.8 Å². The number of fused-ring (bicyclic) bond motifs is 1. The van der Waals surface area contributed by atoms with Crippen LogP contribution in [0.25, 0.3) is 16.5 Å². The minimum Gasteiger partial charge on any atom is -0.334 e. The summed E-state index contributed by atoms with van der Waals surface area (Å²) in [6, 6.07) is 18.8. The Morgan fingerprint density at radius 1 is 0.897 bits per heavy atom. The predicted molar refractivity (Wildman–Crippen MR) is 114 cm³/mol. The molecule has 0 atom stereocenters. The number of aromatic nitrogens is 3. The largest absolute Gasteiger partial charge is 0.334 e. The Bertz CT molecular complexity index is 1330. The van der Waals surface area contributed by atoms with Gasteiger partial charge in [0.1, 0.15) is 5.69 Å². The lowest BCUT2D eigenvalue weighted by atomic mass is 10.1. The van der Waals surface area contributed by atoms with Gasteiger partial charge in [-0.3, -0.25) is 9.59 Å². The summed E-state index contributed by atoms with van der Waals surface area (Å²) in [4.78, 5) is 25.5. The van der Waals surface area contributed by atoms with Crippen LogP contribution >= 0.6 is 0 Å². The highest BCUT2D eigenvalue weighted by Gasteiger charge is 2.23. The highest BCUT2D eigenvalue weighted by molar-refractivity contribution is 5.92. The van der Waals surface area contributed by atoms with Gasteiger partial charge in [0.2, 0.25) is 0 Å². The summed E-state index contributed by atoms with van der Waals surface area (Å²) in [7, 11) is 1.70. The van der Waals surface area contributed by atoms with Crippen molar-refractivity contribution in [1.29, 1.82) is 0 Å². The first kappa shape index (κ1) is 17.4. The molecule has 1 N–H and O–H groups in total. The second kappa shape index (κ2) is 6.74. The predicted octanol–water partition coefficient (Wildman–Crippen LogP) is 3.71. The Morgan fingerprint density at radius 2 is 1.62 bits per heavy atom. The van der Waals surface area contributed by atoms with Crippen molar-refractivity contribution in [3.8, 4) is 5.69 Å². The number of hydrogen-bond acceptors (Lipinski definition) is 4. The van der Waals surface area contributed by atoms with Gasteiger partial charge in [-0.15, -0.1) is 5.10 Å². The minimum absolute atomic E-state index is 0.162. The first-order chi connectivity index (χ1) is 14.1. The van der Waals surface area contributed by atoms with E-state index in [0.29, 0.717) is 33.9 Å². The minimum atomic E-state index is -0.189. The molecular formula is C23H20N4O2. The third kappa shape index (κ3) is 3.12. The second-order valence-electron chi connectivity index (χ2n) is 7.44. The smallest absolute Gasteiger partial charge is 0.279 e. The fourth-order valence-corrected chi connectivity index (χ4v) is 3.58. The van der Waals surface area contributed by atoms with E-state index in [9.17, 15) is 9.59 Å². The van der Waals surface area contributed by atoms with Crippen molar-refractivity contribution in [3.05, 3.63) is 93.1 Å². The van der Waals surface area contributed by atoms with Gasteiger partial charge in [0.15, 0.2) is 5.82 Å². The highest BCUT2D eigenvalue weighted by Crippen LogP contribution is 2.40. The molecule has 4 aromatic rings. The zero-order valence-electron chi connectivity index (χ0n) is 16.0. The monoisotopic (exact) mass is 384 g/mol. The number of anilines is 2. The molecule has 6 nitrogen and oxygen atoms in total. The highest BCUT2D eigenvalue weighted by atomic mass is 16.1. The summed E-state index contributed by atoms with van der Waals surface area (Å²) >= 11 is 0. The van der Waals surface area contributed by atoms with Crippen LogP contribution < -0.4 is 16.4 Å². The topological polar surface area (TPSA) is 68.9 Å². The molecule has 0 spiro atoms. The van der Waals surface area contributed by atoms with Crippen molar-refractivity contribution in [2.24, 2.45) is 7.05 Å². The molecule has 1 aliphatic carbocycles. The molecule has 0 radical (unpaired) electrons. The molecular weight excluding hydrogens is 364 g/mol. The van der Waals surface area contributed by atoms with Crippen LogP contribution in [-0.4, -0.2) is 14.3 Å². The maximum atomic E-state index is 13.1. The molecule has 0 saturated heterocycles. The molecule has 2 aromatic heterocycles. The number of hydrogen-bond donors (Lipinski definition) is 1. The van der Waals surface area contributed by atoms with Gasteiger partial charge < -0.3 is 9.88 Å². The number of nitrogens with one attached hydrogen (secondary N) is 1. The van der Waals surface area contributed by atoms with Crippen LogP contribution in [0.4, 0.5) is 11.5 Å². The van der Waals surface area contributed by atoms with E-state index >= 15 is 0 Å². The van der Waals surface area contributed by atoms with Gasteiger partial charge in [-0.2, -0.15) is 4.68 Å². The molecule has 6 heteroatoms. The molecule has 0 amide bonds. The van der Waals surface area contributed by atoms with Crippen LogP contribution in [0, 0.1) is 0 Å². The van der Waals surface area contributed by atoms with E-state index in [-0.39, 0.29) is 11.1 Å². The quantitative estimate of drug-likeness (QED) is 0.582. The second-order valence-corrected chi connectivity index (χ2v) is 7.44. The molecule has 2 aromatic carbocycles. The average molecular weight is 384 g/mol. The molecule has 1 fully saturated rings. The maximum Gasteiger partial charge on any atom is 0.279 e. The van der Waals surface area contributed by atoms with E-state index in [1.807, 2.05) is 30.3 Å². The van der Waals surface area contributed by atoms with Crippen LogP contribution in [0.2, 0.25) is 0 Å². The molecule has 1 aliphatic rings. The zero-order chi connectivity index (χ0) is 20.0. The molecule has 29 heavy (non-hydrogen) atoms. The summed E-state index contributed by atoms with van der Waals surface area (Å²) in [6.07, 6.45) is 4.16. The van der Waals surface area contributed by atoms with Gasteiger partial charge in [0.05, 0.1) is 11.1 Å². The van der Waals surface area contributed by atoms with E-state index < -0.39 is 0 Å². The summed E-state index contributed by atoms with van der Waals surface area (Å²) in [5.74, 6) is 1.12. The average Bonchev–Trinajstić information content (AvgIpc) is 3.59. The van der Waals surface area contributed by atoms with Crippen LogP contribution in [0.15, 0.2) is 76.4 Å². The van der Waals surface area contributed by atoms with Crippen LogP contribution in [-0.2, 0) is 7.05 Å². The molecule has 144 valence electrons. The van der Waals surface area contributed by atoms with E-state index in [2.05, 4.69) is 22.5 Å². The fraction of sp³-hybridized carbons (Fsp3) is 0.174. The Morgan fingerprint density at radius 3 is 2.34 bits per heavy atom. The Balaban J connectivity index is 1.67. The number of aryl methyl sites for hydroxylation is 1. The summed E-state index contributed by atoms with van der Waals surface area (Å²) in [5.41, 5.74) is 2.06. The van der Waals surface area contributed by atoms with Crippen molar-refractivity contribution >= 4 is 22.3 Å². The van der Waals surface area contributed by atoms with Gasteiger partial charge in [-0.25, -0.2) is 0 Å². The Kier molecular flexibility index (Phi) is 4.05. The van der Waals surface area contributed by atoms with E-state index in [4.69, 9.17) is 0 Å². The van der Waals surface area contributed by atoms with E-state index in [0.717, 1.165) is 0 Å². The third-order valence-corrected chi connectivity index (χ3v) is 5.37. The lowest BCUT2D eigenvalue weighted by molar-refractivity contribution is 0.823. The van der Waals surface area contributed by atoms with Crippen LogP contribution in [0.3, 0.4) is 0 Å². The number of nitrogens with zero attached hydrogens (tertiary/aromatic N) is 3. The molecule has 0 unspecified atom stereocenters. The maximum absolute atomic E-state index is 13.1. The molecule has 1 saturated carbocycles. The summed E-state index contributed by atoms with van der Waals surface area (Å²) in [6.45, 7) is 0. The molecule has 0 bridgehead atoms. The van der Waals surface area contributed by atoms with Gasteiger partial charge >= 0.3 is 0 Å². The Labute approximate surface area is 167 Å². The number of benzene rings is 2. The van der Waals surface area contributed by atoms with E-state index in [1.54, 1.807) is 31.4 Å².